The number of ether oxygens (including phenoxy) is 3. The molecule has 152 valence electrons. The van der Waals surface area contributed by atoms with Crippen LogP contribution in [0.15, 0.2) is 24.0 Å². The predicted octanol–water partition coefficient (Wildman–Crippen LogP) is 4.25. The molecule has 1 saturated carbocycles. The van der Waals surface area contributed by atoms with Crippen molar-refractivity contribution in [3.8, 4) is 0 Å². The van der Waals surface area contributed by atoms with E-state index < -0.39 is 35.5 Å². The van der Waals surface area contributed by atoms with Crippen LogP contribution in [0.1, 0.15) is 39.5 Å². The van der Waals surface area contributed by atoms with Crippen molar-refractivity contribution in [1.82, 2.24) is 0 Å². The number of alkyl halides is 3. The van der Waals surface area contributed by atoms with Crippen LogP contribution >= 0.6 is 0 Å². The molecule has 1 spiro atoms. The highest BCUT2D eigenvalue weighted by Crippen LogP contribution is 2.61. The number of hydrogen-bond donors (Lipinski definition) is 0. The van der Waals surface area contributed by atoms with Crippen LogP contribution < -0.4 is 0 Å². The molecular formula is C19H25F3O5. The lowest BCUT2D eigenvalue weighted by atomic mass is 9.59. The highest BCUT2D eigenvalue weighted by molar-refractivity contribution is 5.28. The van der Waals surface area contributed by atoms with E-state index in [9.17, 15) is 13.2 Å². The molecule has 8 heteroatoms. The van der Waals surface area contributed by atoms with Crippen molar-refractivity contribution < 1.29 is 37.2 Å². The summed E-state index contributed by atoms with van der Waals surface area (Å²) in [5, 5.41) is 0. The standard InChI is InChI=1S/C19H25F3O5/c1-4-9-23-10-12-14-6-5-11(2)13-7-8-17(3)25-16(18(13,14)27-26-17)24-15(12)19(20,21)22/h4,11,13-14,16H,1,5-10H2,2-3H3/t11-,13+,14?,16-,17+,18-/m1/s1. The average Bonchev–Trinajstić information content (AvgIpc) is 2.83. The smallest absolute Gasteiger partial charge is 0.449 e. The number of rotatable bonds is 4. The summed E-state index contributed by atoms with van der Waals surface area (Å²) in [5.41, 5.74) is -1.01. The molecule has 4 fully saturated rings. The summed E-state index contributed by atoms with van der Waals surface area (Å²) in [7, 11) is 0. The fourth-order valence-corrected chi connectivity index (χ4v) is 5.16. The van der Waals surface area contributed by atoms with E-state index in [0.717, 1.165) is 12.8 Å². The third-order valence-corrected chi connectivity index (χ3v) is 6.41. The van der Waals surface area contributed by atoms with Crippen molar-refractivity contribution in [2.24, 2.45) is 17.8 Å². The number of halogens is 3. The van der Waals surface area contributed by atoms with Crippen LogP contribution in [0.2, 0.25) is 0 Å². The Morgan fingerprint density at radius 2 is 2.04 bits per heavy atom. The second-order valence-corrected chi connectivity index (χ2v) is 8.13. The second-order valence-electron chi connectivity index (χ2n) is 8.13. The molecule has 1 aliphatic carbocycles. The Balaban J connectivity index is 1.82. The van der Waals surface area contributed by atoms with E-state index >= 15 is 0 Å². The van der Waals surface area contributed by atoms with E-state index in [1.165, 1.54) is 6.08 Å². The van der Waals surface area contributed by atoms with Crippen molar-refractivity contribution in [2.45, 2.75) is 63.4 Å². The van der Waals surface area contributed by atoms with E-state index in [-0.39, 0.29) is 30.6 Å². The van der Waals surface area contributed by atoms with Gasteiger partial charge < -0.3 is 14.2 Å². The summed E-state index contributed by atoms with van der Waals surface area (Å²) in [4.78, 5) is 11.5. The minimum Gasteiger partial charge on any atom is -0.456 e. The third kappa shape index (κ3) is 2.92. The topological polar surface area (TPSA) is 46.2 Å². The molecule has 0 N–H and O–H groups in total. The van der Waals surface area contributed by atoms with Crippen LogP contribution in [-0.2, 0) is 24.0 Å². The lowest BCUT2D eigenvalue weighted by Crippen LogP contribution is -2.67. The normalized spacial score (nSPS) is 43.7. The van der Waals surface area contributed by atoms with Crippen molar-refractivity contribution in [3.05, 3.63) is 24.0 Å². The maximum Gasteiger partial charge on any atom is 0.449 e. The van der Waals surface area contributed by atoms with Gasteiger partial charge in [0.2, 0.25) is 17.8 Å². The number of hydrogen-bond acceptors (Lipinski definition) is 5. The van der Waals surface area contributed by atoms with Gasteiger partial charge in [-0.15, -0.1) is 6.58 Å². The Labute approximate surface area is 156 Å². The van der Waals surface area contributed by atoms with Gasteiger partial charge in [0.1, 0.15) is 0 Å². The van der Waals surface area contributed by atoms with E-state index in [1.807, 2.05) is 0 Å². The van der Waals surface area contributed by atoms with Gasteiger partial charge in [-0.05, 0) is 32.1 Å². The molecule has 0 aromatic heterocycles. The van der Waals surface area contributed by atoms with Crippen molar-refractivity contribution in [2.75, 3.05) is 13.2 Å². The molecule has 5 rings (SSSR count). The second kappa shape index (κ2) is 6.47. The average molecular weight is 390 g/mol. The SMILES string of the molecule is C=CCOCC1=C(C(F)(F)F)O[C@@H]2O[C@]3(C)CC[C@H]4[C@H](C)CCC1[C@@]24OO3. The van der Waals surface area contributed by atoms with E-state index in [1.54, 1.807) is 6.92 Å². The van der Waals surface area contributed by atoms with Gasteiger partial charge in [0.25, 0.3) is 0 Å². The van der Waals surface area contributed by atoms with Crippen molar-refractivity contribution in [1.29, 1.82) is 0 Å². The maximum atomic E-state index is 13.8. The molecule has 0 aromatic rings. The minimum absolute atomic E-state index is 0.0187. The molecule has 3 saturated heterocycles. The molecule has 2 bridgehead atoms. The summed E-state index contributed by atoms with van der Waals surface area (Å²) >= 11 is 0. The third-order valence-electron chi connectivity index (χ3n) is 6.41. The Bertz CT molecular complexity index is 648. The number of allylic oxidation sites excluding steroid dienone is 1. The van der Waals surface area contributed by atoms with E-state index in [0.29, 0.717) is 12.8 Å². The first-order valence-electron chi connectivity index (χ1n) is 9.41. The molecule has 1 unspecified atom stereocenters. The first-order chi connectivity index (χ1) is 12.7. The monoisotopic (exact) mass is 390 g/mol. The summed E-state index contributed by atoms with van der Waals surface area (Å²) in [6.45, 7) is 7.30. The zero-order chi connectivity index (χ0) is 19.4. The van der Waals surface area contributed by atoms with Crippen LogP contribution in [-0.4, -0.2) is 37.1 Å². The molecule has 5 nitrogen and oxygen atoms in total. The molecule has 0 aromatic carbocycles. The molecule has 4 aliphatic heterocycles. The van der Waals surface area contributed by atoms with Gasteiger partial charge in [-0.25, -0.2) is 9.78 Å². The summed E-state index contributed by atoms with van der Waals surface area (Å²) < 4.78 is 58.2. The molecule has 4 heterocycles. The van der Waals surface area contributed by atoms with Gasteiger partial charge in [-0.2, -0.15) is 13.2 Å². The van der Waals surface area contributed by atoms with Crippen molar-refractivity contribution in [3.63, 3.8) is 0 Å². The van der Waals surface area contributed by atoms with Gasteiger partial charge in [0, 0.05) is 23.8 Å². The summed E-state index contributed by atoms with van der Waals surface area (Å²) in [5.74, 6) is -2.41. The molecule has 6 atom stereocenters. The molecule has 27 heavy (non-hydrogen) atoms. The maximum absolute atomic E-state index is 13.8. The largest absolute Gasteiger partial charge is 0.456 e. The molecule has 0 radical (unpaired) electrons. The van der Waals surface area contributed by atoms with Gasteiger partial charge in [-0.3, -0.25) is 0 Å². The van der Waals surface area contributed by atoms with Crippen LogP contribution in [0.4, 0.5) is 13.2 Å². The zero-order valence-corrected chi connectivity index (χ0v) is 15.5. The highest BCUT2D eigenvalue weighted by Gasteiger charge is 2.70. The first kappa shape index (κ1) is 19.2. The van der Waals surface area contributed by atoms with Gasteiger partial charge in [0.05, 0.1) is 13.2 Å². The Kier molecular flexibility index (Phi) is 4.61. The predicted molar refractivity (Wildman–Crippen MR) is 88.0 cm³/mol. The van der Waals surface area contributed by atoms with Crippen LogP contribution in [0.25, 0.3) is 0 Å². The molecular weight excluding hydrogens is 365 g/mol. The van der Waals surface area contributed by atoms with Gasteiger partial charge >= 0.3 is 6.18 Å². The lowest BCUT2D eigenvalue weighted by Gasteiger charge is -2.57. The van der Waals surface area contributed by atoms with E-state index in [4.69, 9.17) is 24.0 Å². The highest BCUT2D eigenvalue weighted by atomic mass is 19.4. The minimum atomic E-state index is -4.64. The number of fused-ring (bicyclic) bond motifs is 2. The lowest BCUT2D eigenvalue weighted by molar-refractivity contribution is -0.557. The molecule has 5 aliphatic rings. The van der Waals surface area contributed by atoms with Crippen LogP contribution in [0.5, 0.6) is 0 Å². The van der Waals surface area contributed by atoms with Crippen LogP contribution in [0.3, 0.4) is 0 Å². The Hall–Kier alpha value is -1.09. The fourth-order valence-electron chi connectivity index (χ4n) is 5.16. The van der Waals surface area contributed by atoms with E-state index in [2.05, 4.69) is 13.5 Å². The first-order valence-corrected chi connectivity index (χ1v) is 9.41. The van der Waals surface area contributed by atoms with Gasteiger partial charge in [0.15, 0.2) is 5.60 Å². The fraction of sp³-hybridized carbons (Fsp3) is 0.789. The van der Waals surface area contributed by atoms with Crippen molar-refractivity contribution >= 4 is 0 Å². The Morgan fingerprint density at radius 1 is 1.26 bits per heavy atom. The molecule has 0 amide bonds. The quantitative estimate of drug-likeness (QED) is 0.408. The van der Waals surface area contributed by atoms with Gasteiger partial charge in [-0.1, -0.05) is 13.0 Å². The van der Waals surface area contributed by atoms with Crippen LogP contribution in [0, 0.1) is 17.8 Å². The summed E-state index contributed by atoms with van der Waals surface area (Å²) in [6, 6.07) is 0. The zero-order valence-electron chi connectivity index (χ0n) is 15.5. The Morgan fingerprint density at radius 3 is 2.74 bits per heavy atom. The summed E-state index contributed by atoms with van der Waals surface area (Å²) in [6.07, 6.45) is -1.66.